The van der Waals surface area contributed by atoms with Gasteiger partial charge in [0.1, 0.15) is 0 Å². The van der Waals surface area contributed by atoms with E-state index >= 15 is 0 Å². The lowest BCUT2D eigenvalue weighted by molar-refractivity contribution is 0.608. The maximum atomic E-state index is 10.8. The maximum Gasteiger partial charge on any atom is 0.232 e. The normalized spacial score (nSPS) is 12.1. The van der Waals surface area contributed by atoms with Crippen molar-refractivity contribution in [2.24, 2.45) is 0 Å². The lowest BCUT2D eigenvalue weighted by atomic mass is 10.3. The smallest absolute Gasteiger partial charge is 0.232 e. The predicted octanol–water partition coefficient (Wildman–Crippen LogP) is 1.15. The van der Waals surface area contributed by atoms with Crippen molar-refractivity contribution in [1.29, 1.82) is 0 Å². The molecule has 0 atom stereocenters. The zero-order valence-corrected chi connectivity index (χ0v) is 10.2. The highest BCUT2D eigenvalue weighted by Crippen LogP contribution is 2.07. The van der Waals surface area contributed by atoms with E-state index in [0.29, 0.717) is 6.42 Å². The van der Waals surface area contributed by atoms with Crippen molar-refractivity contribution < 1.29 is 8.42 Å². The lowest BCUT2D eigenvalue weighted by Crippen LogP contribution is -2.03. The summed E-state index contributed by atoms with van der Waals surface area (Å²) in [5.74, 6) is -0.0952. The molecule has 7 heteroatoms. The molecule has 0 aliphatic heterocycles. The molecule has 16 heavy (non-hydrogen) atoms. The third kappa shape index (κ3) is 2.70. The summed E-state index contributed by atoms with van der Waals surface area (Å²) in [4.78, 5) is 4.17. The first-order chi connectivity index (χ1) is 7.44. The quantitative estimate of drug-likeness (QED) is 0.776. The summed E-state index contributed by atoms with van der Waals surface area (Å²) in [6.07, 6.45) is 3.74. The zero-order chi connectivity index (χ0) is 11.8. The second kappa shape index (κ2) is 4.03. The fourth-order valence-electron chi connectivity index (χ4n) is 1.40. The summed E-state index contributed by atoms with van der Waals surface area (Å²) in [6.45, 7) is 1.87. The monoisotopic (exact) mass is 259 g/mol. The molecule has 2 rings (SSSR count). The first-order valence-electron chi connectivity index (χ1n) is 4.67. The van der Waals surface area contributed by atoms with Gasteiger partial charge >= 0.3 is 0 Å². The Morgan fingerprint density at radius 3 is 2.94 bits per heavy atom. The second-order valence-corrected chi connectivity index (χ2v) is 6.44. The van der Waals surface area contributed by atoms with Crippen LogP contribution in [0.2, 0.25) is 0 Å². The number of halogens is 1. The Labute approximate surface area is 97.5 Å². The van der Waals surface area contributed by atoms with Gasteiger partial charge in [0.2, 0.25) is 9.05 Å². The van der Waals surface area contributed by atoms with E-state index in [-0.39, 0.29) is 5.75 Å². The average molecular weight is 260 g/mol. The molecule has 5 nitrogen and oxygen atoms in total. The van der Waals surface area contributed by atoms with E-state index in [1.165, 1.54) is 0 Å². The summed E-state index contributed by atoms with van der Waals surface area (Å²) >= 11 is 0. The fraction of sp³-hybridized carbons (Fsp3) is 0.333. The Bertz CT molecular complexity index is 621. The summed E-state index contributed by atoms with van der Waals surface area (Å²) < 4.78 is 23.2. The van der Waals surface area contributed by atoms with Crippen molar-refractivity contribution in [1.82, 2.24) is 14.6 Å². The molecule has 0 radical (unpaired) electrons. The van der Waals surface area contributed by atoms with Gasteiger partial charge in [-0.3, -0.25) is 0 Å². The van der Waals surface area contributed by atoms with Gasteiger partial charge < -0.3 is 0 Å². The van der Waals surface area contributed by atoms with Gasteiger partial charge in [-0.05, 0) is 18.9 Å². The summed E-state index contributed by atoms with van der Waals surface area (Å²) in [5.41, 5.74) is 2.41. The number of rotatable bonds is 3. The number of nitrogens with zero attached hydrogens (tertiary/aromatic N) is 3. The molecule has 0 N–H and O–H groups in total. The molecule has 0 fully saturated rings. The van der Waals surface area contributed by atoms with E-state index in [4.69, 9.17) is 10.7 Å². The van der Waals surface area contributed by atoms with Crippen LogP contribution < -0.4 is 0 Å². The molecule has 0 saturated carbocycles. The minimum atomic E-state index is -3.46. The van der Waals surface area contributed by atoms with E-state index < -0.39 is 9.05 Å². The number of aromatic nitrogens is 3. The van der Waals surface area contributed by atoms with Crippen LogP contribution in [-0.2, 0) is 15.5 Å². The van der Waals surface area contributed by atoms with Crippen LogP contribution in [0.15, 0.2) is 18.5 Å². The third-order valence-electron chi connectivity index (χ3n) is 2.12. The molecule has 0 unspecified atom stereocenters. The fourth-order valence-corrected chi connectivity index (χ4v) is 2.11. The van der Waals surface area contributed by atoms with Crippen molar-refractivity contribution in [2.45, 2.75) is 13.3 Å². The van der Waals surface area contributed by atoms with Crippen LogP contribution >= 0.6 is 10.7 Å². The summed E-state index contributed by atoms with van der Waals surface area (Å²) in [6, 6.07) is 1.85. The van der Waals surface area contributed by atoms with Crippen LogP contribution in [0.4, 0.5) is 0 Å². The van der Waals surface area contributed by atoms with Crippen LogP contribution in [0.5, 0.6) is 0 Å². The van der Waals surface area contributed by atoms with E-state index in [0.717, 1.165) is 16.9 Å². The summed E-state index contributed by atoms with van der Waals surface area (Å²) in [7, 11) is 1.68. The standard InChI is InChI=1S/C9H10ClN3O2S/c1-7-4-9-11-5-8(6-13(9)12-7)2-3-16(10,14)15/h4-6H,2-3H2,1H3. The Kier molecular flexibility index (Phi) is 2.86. The largest absolute Gasteiger partial charge is 0.237 e. The summed E-state index contributed by atoms with van der Waals surface area (Å²) in [5, 5.41) is 4.19. The number of aryl methyl sites for hydroxylation is 2. The van der Waals surface area contributed by atoms with Gasteiger partial charge in [-0.15, -0.1) is 0 Å². The molecule has 0 bridgehead atoms. The molecular formula is C9H10ClN3O2S. The van der Waals surface area contributed by atoms with Crippen LogP contribution in [0.25, 0.3) is 5.65 Å². The molecule has 0 amide bonds. The molecule has 86 valence electrons. The molecule has 0 aromatic carbocycles. The highest BCUT2D eigenvalue weighted by atomic mass is 35.7. The number of hydrogen-bond donors (Lipinski definition) is 0. The van der Waals surface area contributed by atoms with E-state index in [1.54, 1.807) is 16.9 Å². The predicted molar refractivity (Wildman–Crippen MR) is 61.1 cm³/mol. The maximum absolute atomic E-state index is 10.8. The SMILES string of the molecule is Cc1cc2ncc(CCS(=O)(=O)Cl)cn2n1. The first-order valence-corrected chi connectivity index (χ1v) is 7.15. The second-order valence-electron chi connectivity index (χ2n) is 3.54. The minimum absolute atomic E-state index is 0.0952. The minimum Gasteiger partial charge on any atom is -0.237 e. The molecule has 0 saturated heterocycles. The average Bonchev–Trinajstić information content (AvgIpc) is 2.52. The molecule has 0 spiro atoms. The Balaban J connectivity index is 2.25. The number of hydrogen-bond acceptors (Lipinski definition) is 4. The van der Waals surface area contributed by atoms with Crippen LogP contribution in [0.1, 0.15) is 11.3 Å². The highest BCUT2D eigenvalue weighted by Gasteiger charge is 2.07. The van der Waals surface area contributed by atoms with E-state index in [9.17, 15) is 8.42 Å². The van der Waals surface area contributed by atoms with Crippen molar-refractivity contribution in [3.63, 3.8) is 0 Å². The number of fused-ring (bicyclic) bond motifs is 1. The van der Waals surface area contributed by atoms with Crippen molar-refractivity contribution in [3.05, 3.63) is 29.7 Å². The van der Waals surface area contributed by atoms with E-state index in [2.05, 4.69) is 10.1 Å². The molecular weight excluding hydrogens is 250 g/mol. The van der Waals surface area contributed by atoms with Crippen molar-refractivity contribution in [3.8, 4) is 0 Å². The Morgan fingerprint density at radius 2 is 2.25 bits per heavy atom. The molecule has 2 aromatic rings. The molecule has 2 aromatic heterocycles. The van der Waals surface area contributed by atoms with Crippen molar-refractivity contribution in [2.75, 3.05) is 5.75 Å². The highest BCUT2D eigenvalue weighted by molar-refractivity contribution is 8.13. The first kappa shape index (κ1) is 11.3. The Morgan fingerprint density at radius 1 is 1.50 bits per heavy atom. The van der Waals surface area contributed by atoms with Gasteiger partial charge in [0.25, 0.3) is 0 Å². The van der Waals surface area contributed by atoms with Crippen LogP contribution in [-0.4, -0.2) is 28.8 Å². The molecule has 0 aliphatic rings. The van der Waals surface area contributed by atoms with Crippen LogP contribution in [0.3, 0.4) is 0 Å². The van der Waals surface area contributed by atoms with Gasteiger partial charge in [-0.25, -0.2) is 17.9 Å². The third-order valence-corrected chi connectivity index (χ3v) is 3.28. The van der Waals surface area contributed by atoms with Gasteiger partial charge in [-0.1, -0.05) is 0 Å². The topological polar surface area (TPSA) is 64.3 Å². The van der Waals surface area contributed by atoms with Gasteiger partial charge in [0.05, 0.1) is 11.4 Å². The van der Waals surface area contributed by atoms with E-state index in [1.807, 2.05) is 13.0 Å². The van der Waals surface area contributed by atoms with Gasteiger partial charge in [0.15, 0.2) is 5.65 Å². The van der Waals surface area contributed by atoms with Gasteiger partial charge in [0, 0.05) is 29.1 Å². The molecule has 2 heterocycles. The molecule has 0 aliphatic carbocycles. The van der Waals surface area contributed by atoms with Crippen LogP contribution in [0, 0.1) is 6.92 Å². The Hall–Kier alpha value is -1.14. The van der Waals surface area contributed by atoms with Crippen molar-refractivity contribution >= 4 is 25.4 Å². The lowest BCUT2D eigenvalue weighted by Gasteiger charge is -1.99. The van der Waals surface area contributed by atoms with Gasteiger partial charge in [-0.2, -0.15) is 5.10 Å². The zero-order valence-electron chi connectivity index (χ0n) is 8.59.